The van der Waals surface area contributed by atoms with Crippen LogP contribution in [0.3, 0.4) is 0 Å². The summed E-state index contributed by atoms with van der Waals surface area (Å²) >= 11 is 1.55. The first-order valence-corrected chi connectivity index (χ1v) is 9.26. The lowest BCUT2D eigenvalue weighted by Crippen LogP contribution is -2.37. The molecule has 0 bridgehead atoms. The zero-order valence-electron chi connectivity index (χ0n) is 14.1. The summed E-state index contributed by atoms with van der Waals surface area (Å²) in [4.78, 5) is 23.4. The smallest absolute Gasteiger partial charge is 0.273 e. The van der Waals surface area contributed by atoms with E-state index in [2.05, 4.69) is 23.8 Å². The molecule has 128 valence electrons. The maximum atomic E-state index is 13.0. The summed E-state index contributed by atoms with van der Waals surface area (Å²) < 4.78 is 5.73. The zero-order valence-corrected chi connectivity index (χ0v) is 15.0. The Balaban J connectivity index is 1.77. The number of ether oxygens (including phenoxy) is 1. The molecule has 1 atom stereocenters. The average molecular weight is 345 g/mol. The number of rotatable bonds is 6. The molecule has 3 heterocycles. The number of hydrogen-bond acceptors (Lipinski definition) is 5. The Bertz CT molecular complexity index is 666. The Hall–Kier alpha value is -1.79. The third-order valence-corrected chi connectivity index (χ3v) is 5.24. The van der Waals surface area contributed by atoms with Gasteiger partial charge in [-0.1, -0.05) is 13.8 Å². The summed E-state index contributed by atoms with van der Waals surface area (Å²) in [6, 6.07) is 3.88. The van der Waals surface area contributed by atoms with Gasteiger partial charge >= 0.3 is 0 Å². The zero-order chi connectivity index (χ0) is 16.9. The van der Waals surface area contributed by atoms with E-state index >= 15 is 0 Å². The van der Waals surface area contributed by atoms with Crippen molar-refractivity contribution < 1.29 is 9.53 Å². The Morgan fingerprint density at radius 3 is 2.83 bits per heavy atom. The highest BCUT2D eigenvalue weighted by Gasteiger charge is 2.25. The Labute approximate surface area is 146 Å². The third-order valence-electron chi connectivity index (χ3n) is 4.09. The van der Waals surface area contributed by atoms with Crippen molar-refractivity contribution in [1.29, 1.82) is 0 Å². The van der Waals surface area contributed by atoms with Crippen LogP contribution in [0.4, 0.5) is 0 Å². The average Bonchev–Trinajstić information content (AvgIpc) is 3.26. The normalized spacial score (nSPS) is 17.4. The molecule has 24 heavy (non-hydrogen) atoms. The predicted octanol–water partition coefficient (Wildman–Crippen LogP) is 3.48. The molecular formula is C18H23N3O2S. The van der Waals surface area contributed by atoms with Crippen LogP contribution in [0.1, 0.15) is 53.7 Å². The van der Waals surface area contributed by atoms with Gasteiger partial charge in [0.05, 0.1) is 11.1 Å². The van der Waals surface area contributed by atoms with Gasteiger partial charge in [-0.25, -0.2) is 4.98 Å². The minimum absolute atomic E-state index is 0.0227. The molecule has 0 saturated carbocycles. The van der Waals surface area contributed by atoms with Crippen LogP contribution in [-0.2, 0) is 11.3 Å². The van der Waals surface area contributed by atoms with Crippen molar-refractivity contribution in [3.05, 3.63) is 46.2 Å². The lowest BCUT2D eigenvalue weighted by Gasteiger charge is -2.25. The lowest BCUT2D eigenvalue weighted by atomic mass is 10.2. The molecule has 3 rings (SSSR count). The molecule has 6 heteroatoms. The van der Waals surface area contributed by atoms with E-state index in [1.165, 1.54) is 0 Å². The third kappa shape index (κ3) is 4.19. The van der Waals surface area contributed by atoms with E-state index in [4.69, 9.17) is 4.74 Å². The van der Waals surface area contributed by atoms with E-state index < -0.39 is 0 Å². The van der Waals surface area contributed by atoms with Crippen LogP contribution in [0.5, 0.6) is 0 Å². The molecule has 2 aromatic heterocycles. The van der Waals surface area contributed by atoms with Crippen LogP contribution < -0.4 is 0 Å². The van der Waals surface area contributed by atoms with Crippen molar-refractivity contribution >= 4 is 17.2 Å². The van der Waals surface area contributed by atoms with E-state index in [1.54, 1.807) is 23.7 Å². The van der Waals surface area contributed by atoms with Crippen molar-refractivity contribution in [3.8, 4) is 0 Å². The lowest BCUT2D eigenvalue weighted by molar-refractivity contribution is 0.0503. The Morgan fingerprint density at radius 1 is 1.42 bits per heavy atom. The van der Waals surface area contributed by atoms with Gasteiger partial charge in [0.15, 0.2) is 0 Å². The fraction of sp³-hybridized carbons (Fsp3) is 0.500. The maximum Gasteiger partial charge on any atom is 0.273 e. The second-order valence-electron chi connectivity index (χ2n) is 6.40. The summed E-state index contributed by atoms with van der Waals surface area (Å²) in [5.41, 5.74) is 1.60. The molecule has 1 amide bonds. The number of aromatic nitrogens is 2. The number of thiazole rings is 1. The molecule has 1 aliphatic rings. The molecule has 1 saturated heterocycles. The van der Waals surface area contributed by atoms with E-state index in [1.807, 2.05) is 22.4 Å². The molecule has 1 aliphatic heterocycles. The number of amides is 1. The first kappa shape index (κ1) is 17.0. The highest BCUT2D eigenvalue weighted by Crippen LogP contribution is 2.22. The number of carbonyl (C=O) groups excluding carboxylic acids is 1. The standard InChI is InChI=1S/C18H23N3O2S/c1-13(2)17-20-16(12-24-17)18(22)21(11-15-4-3-9-23-15)10-14-5-7-19-8-6-14/h5-8,12-13,15H,3-4,9-11H2,1-2H3/t15-/m1/s1. The maximum absolute atomic E-state index is 13.0. The summed E-state index contributed by atoms with van der Waals surface area (Å²) in [6.07, 6.45) is 5.71. The summed E-state index contributed by atoms with van der Waals surface area (Å²) in [5, 5.41) is 2.87. The molecular weight excluding hydrogens is 322 g/mol. The van der Waals surface area contributed by atoms with Crippen molar-refractivity contribution in [2.24, 2.45) is 0 Å². The van der Waals surface area contributed by atoms with Gasteiger partial charge in [-0.2, -0.15) is 0 Å². The van der Waals surface area contributed by atoms with Crippen LogP contribution in [0.2, 0.25) is 0 Å². The number of nitrogens with zero attached hydrogens (tertiary/aromatic N) is 3. The summed E-state index contributed by atoms with van der Waals surface area (Å²) in [7, 11) is 0. The van der Waals surface area contributed by atoms with E-state index in [-0.39, 0.29) is 12.0 Å². The number of carbonyl (C=O) groups is 1. The van der Waals surface area contributed by atoms with Crippen LogP contribution >= 0.6 is 11.3 Å². The van der Waals surface area contributed by atoms with Gasteiger partial charge in [-0.05, 0) is 30.5 Å². The molecule has 2 aromatic rings. The molecule has 0 spiro atoms. The number of pyridine rings is 1. The van der Waals surface area contributed by atoms with Crippen LogP contribution in [0, 0.1) is 0 Å². The molecule has 0 aromatic carbocycles. The van der Waals surface area contributed by atoms with Gasteiger partial charge < -0.3 is 9.64 Å². The Kier molecular flexibility index (Phi) is 5.58. The predicted molar refractivity (Wildman–Crippen MR) is 94.2 cm³/mol. The van der Waals surface area contributed by atoms with Crippen LogP contribution in [-0.4, -0.2) is 40.0 Å². The summed E-state index contributed by atoms with van der Waals surface area (Å²) in [5.74, 6) is 0.314. The van der Waals surface area contributed by atoms with Crippen molar-refractivity contribution in [2.75, 3.05) is 13.2 Å². The Morgan fingerprint density at radius 2 is 2.21 bits per heavy atom. The van der Waals surface area contributed by atoms with E-state index in [0.29, 0.717) is 24.7 Å². The SMILES string of the molecule is CC(C)c1nc(C(=O)N(Cc2ccncc2)C[C@H]2CCCO2)cs1. The largest absolute Gasteiger partial charge is 0.376 e. The van der Waals surface area contributed by atoms with Crippen LogP contribution in [0.15, 0.2) is 29.9 Å². The van der Waals surface area contributed by atoms with Crippen molar-refractivity contribution in [3.63, 3.8) is 0 Å². The van der Waals surface area contributed by atoms with E-state index in [0.717, 1.165) is 30.0 Å². The van der Waals surface area contributed by atoms with Crippen molar-refractivity contribution in [2.45, 2.75) is 45.3 Å². The minimum Gasteiger partial charge on any atom is -0.376 e. The monoisotopic (exact) mass is 345 g/mol. The van der Waals surface area contributed by atoms with Gasteiger partial charge in [0.2, 0.25) is 0 Å². The van der Waals surface area contributed by atoms with Gasteiger partial charge in [-0.3, -0.25) is 9.78 Å². The van der Waals surface area contributed by atoms with Gasteiger partial charge in [0, 0.05) is 43.4 Å². The molecule has 0 aliphatic carbocycles. The highest BCUT2D eigenvalue weighted by molar-refractivity contribution is 7.09. The van der Waals surface area contributed by atoms with Gasteiger partial charge in [0.1, 0.15) is 5.69 Å². The van der Waals surface area contributed by atoms with Crippen molar-refractivity contribution in [1.82, 2.24) is 14.9 Å². The first-order chi connectivity index (χ1) is 11.6. The number of hydrogen-bond donors (Lipinski definition) is 0. The van der Waals surface area contributed by atoms with Gasteiger partial charge in [-0.15, -0.1) is 11.3 Å². The highest BCUT2D eigenvalue weighted by atomic mass is 32.1. The molecule has 0 N–H and O–H groups in total. The fourth-order valence-corrected chi connectivity index (χ4v) is 3.58. The fourth-order valence-electron chi connectivity index (χ4n) is 2.78. The summed E-state index contributed by atoms with van der Waals surface area (Å²) in [6.45, 7) is 6.13. The van der Waals surface area contributed by atoms with E-state index in [9.17, 15) is 4.79 Å². The van der Waals surface area contributed by atoms with Gasteiger partial charge in [0.25, 0.3) is 5.91 Å². The second kappa shape index (κ2) is 7.85. The second-order valence-corrected chi connectivity index (χ2v) is 7.29. The molecule has 1 fully saturated rings. The van der Waals surface area contributed by atoms with Crippen LogP contribution in [0.25, 0.3) is 0 Å². The molecule has 5 nitrogen and oxygen atoms in total. The first-order valence-electron chi connectivity index (χ1n) is 8.38. The quantitative estimate of drug-likeness (QED) is 0.804. The topological polar surface area (TPSA) is 55.3 Å². The molecule has 0 radical (unpaired) electrons. The molecule has 0 unspecified atom stereocenters. The minimum atomic E-state index is -0.0227.